The molecule has 1 fully saturated rings. The molecule has 1 saturated carbocycles. The third-order valence-corrected chi connectivity index (χ3v) is 4.82. The van der Waals surface area contributed by atoms with Crippen molar-refractivity contribution in [3.8, 4) is 11.5 Å². The van der Waals surface area contributed by atoms with E-state index in [-0.39, 0.29) is 30.2 Å². The zero-order chi connectivity index (χ0) is 20.6. The number of hydrogen-bond donors (Lipinski definition) is 2. The van der Waals surface area contributed by atoms with Gasteiger partial charge in [0.15, 0.2) is 11.5 Å². The molecule has 29 heavy (non-hydrogen) atoms. The second kappa shape index (κ2) is 7.02. The van der Waals surface area contributed by atoms with Crippen molar-refractivity contribution in [2.75, 3.05) is 0 Å². The van der Waals surface area contributed by atoms with Crippen LogP contribution in [0, 0.1) is 5.41 Å². The van der Waals surface area contributed by atoms with E-state index >= 15 is 0 Å². The highest BCUT2D eigenvalue weighted by molar-refractivity contribution is 5.86. The van der Waals surface area contributed by atoms with Crippen molar-refractivity contribution in [3.63, 3.8) is 0 Å². The van der Waals surface area contributed by atoms with Gasteiger partial charge in [0.1, 0.15) is 18.6 Å². The zero-order valence-corrected chi connectivity index (χ0v) is 15.4. The number of amides is 1. The number of aromatic amines is 1. The Hall–Kier alpha value is -3.17. The maximum atomic E-state index is 12.8. The Kier molecular flexibility index (Phi) is 4.64. The summed E-state index contributed by atoms with van der Waals surface area (Å²) in [4.78, 5) is 15.2. The number of carbonyl (C=O) groups excluding carboxylic acids is 1. The molecule has 2 N–H and O–H groups in total. The normalized spacial score (nSPS) is 15.3. The van der Waals surface area contributed by atoms with Crippen LogP contribution < -0.4 is 14.8 Å². The summed E-state index contributed by atoms with van der Waals surface area (Å²) in [5.41, 5.74) is 1.33. The Morgan fingerprint density at radius 2 is 2.10 bits per heavy atom. The van der Waals surface area contributed by atoms with Gasteiger partial charge in [-0.25, -0.2) is 0 Å². The molecule has 3 aromatic rings. The van der Waals surface area contributed by atoms with Gasteiger partial charge in [-0.15, -0.1) is 13.2 Å². The highest BCUT2D eigenvalue weighted by Crippen LogP contribution is 2.45. The van der Waals surface area contributed by atoms with Gasteiger partial charge in [0.2, 0.25) is 5.91 Å². The Balaban J connectivity index is 1.56. The van der Waals surface area contributed by atoms with Crippen LogP contribution in [0.1, 0.15) is 31.2 Å². The molecular weight excluding hydrogens is 391 g/mol. The summed E-state index contributed by atoms with van der Waals surface area (Å²) in [6.07, 6.45) is -1.82. The fraction of sp³-hybridized carbons (Fsp3) is 0.368. The van der Waals surface area contributed by atoms with Gasteiger partial charge in [-0.2, -0.15) is 0 Å². The van der Waals surface area contributed by atoms with Crippen LogP contribution in [-0.2, 0) is 17.9 Å². The number of halogens is 3. The summed E-state index contributed by atoms with van der Waals surface area (Å²) < 4.78 is 52.7. The number of H-pyrrole nitrogens is 1. The predicted octanol–water partition coefficient (Wildman–Crippen LogP) is 4.05. The molecule has 10 heteroatoms. The first-order valence-electron chi connectivity index (χ1n) is 8.94. The van der Waals surface area contributed by atoms with E-state index in [0.29, 0.717) is 22.3 Å². The Labute approximate surface area is 163 Å². The van der Waals surface area contributed by atoms with Crippen LogP contribution >= 0.6 is 0 Å². The zero-order valence-electron chi connectivity index (χ0n) is 15.4. The second-order valence-electron chi connectivity index (χ2n) is 7.25. The fourth-order valence-electron chi connectivity index (χ4n) is 2.88. The molecule has 1 aromatic carbocycles. The molecule has 0 atom stereocenters. The van der Waals surface area contributed by atoms with Crippen LogP contribution in [0.15, 0.2) is 35.1 Å². The van der Waals surface area contributed by atoms with E-state index in [9.17, 15) is 18.0 Å². The summed E-state index contributed by atoms with van der Waals surface area (Å²) in [6.45, 7) is 2.05. The number of rotatable bonds is 7. The molecule has 0 unspecified atom stereocenters. The van der Waals surface area contributed by atoms with Crippen molar-refractivity contribution >= 4 is 16.8 Å². The molecule has 0 radical (unpaired) electrons. The molecule has 154 valence electrons. The van der Waals surface area contributed by atoms with E-state index in [4.69, 9.17) is 4.74 Å². The minimum absolute atomic E-state index is 0.0334. The van der Waals surface area contributed by atoms with E-state index in [1.54, 1.807) is 12.1 Å². The van der Waals surface area contributed by atoms with E-state index in [1.165, 1.54) is 18.4 Å². The molecule has 2 heterocycles. The third-order valence-electron chi connectivity index (χ3n) is 4.82. The first kappa shape index (κ1) is 19.2. The molecule has 0 spiro atoms. The summed E-state index contributed by atoms with van der Waals surface area (Å²) in [6, 6.07) is 5.86. The smallest absolute Gasteiger partial charge is 0.483 e. The molecule has 7 nitrogen and oxygen atoms in total. The number of benzene rings is 1. The van der Waals surface area contributed by atoms with E-state index in [1.807, 2.05) is 6.92 Å². The molecule has 0 saturated heterocycles. The van der Waals surface area contributed by atoms with Gasteiger partial charge in [-0.3, -0.25) is 4.79 Å². The Morgan fingerprint density at radius 1 is 1.31 bits per heavy atom. The van der Waals surface area contributed by atoms with Crippen molar-refractivity contribution in [1.29, 1.82) is 0 Å². The lowest BCUT2D eigenvalue weighted by atomic mass is 10.1. The van der Waals surface area contributed by atoms with Crippen LogP contribution in [0.5, 0.6) is 11.5 Å². The summed E-state index contributed by atoms with van der Waals surface area (Å²) in [5, 5.41) is 7.00. The molecular formula is C19H18F3N3O4. The van der Waals surface area contributed by atoms with Crippen molar-refractivity contribution in [2.45, 2.75) is 39.3 Å². The maximum Gasteiger partial charge on any atom is 0.573 e. The number of carbonyl (C=O) groups is 1. The highest BCUT2D eigenvalue weighted by atomic mass is 19.4. The van der Waals surface area contributed by atoms with E-state index in [2.05, 4.69) is 24.7 Å². The molecule has 4 rings (SSSR count). The molecule has 1 amide bonds. The molecule has 1 aliphatic rings. The second-order valence-corrected chi connectivity index (χ2v) is 7.25. The lowest BCUT2D eigenvalue weighted by Crippen LogP contribution is -2.29. The maximum absolute atomic E-state index is 12.8. The fourth-order valence-corrected chi connectivity index (χ4v) is 2.88. The highest BCUT2D eigenvalue weighted by Gasteiger charge is 2.44. The van der Waals surface area contributed by atoms with Gasteiger partial charge in [0, 0.05) is 34.1 Å². The first-order valence-corrected chi connectivity index (χ1v) is 8.94. The first-order chi connectivity index (χ1) is 13.7. The molecule has 1 aliphatic carbocycles. The summed E-state index contributed by atoms with van der Waals surface area (Å²) in [7, 11) is 0. The lowest BCUT2D eigenvalue weighted by molar-refractivity contribution is -0.275. The van der Waals surface area contributed by atoms with Crippen molar-refractivity contribution < 1.29 is 32.0 Å². The SMILES string of the molecule is CC1(C(=O)NCc2cc3cc(OC(F)(F)F)c(OCc4ccon4)cc3[nH]2)CC1. The largest absolute Gasteiger partial charge is 0.573 e. The van der Waals surface area contributed by atoms with Crippen molar-refractivity contribution in [2.24, 2.45) is 5.41 Å². The molecule has 2 aromatic heterocycles. The Morgan fingerprint density at radius 3 is 2.76 bits per heavy atom. The number of aromatic nitrogens is 2. The van der Waals surface area contributed by atoms with Gasteiger partial charge >= 0.3 is 6.36 Å². The van der Waals surface area contributed by atoms with Gasteiger partial charge in [-0.1, -0.05) is 12.1 Å². The average Bonchev–Trinajstić information content (AvgIpc) is 3.06. The van der Waals surface area contributed by atoms with Crippen LogP contribution in [0.2, 0.25) is 0 Å². The third kappa shape index (κ3) is 4.47. The van der Waals surface area contributed by atoms with Crippen LogP contribution in [0.4, 0.5) is 13.2 Å². The number of fused-ring (bicyclic) bond motifs is 1. The van der Waals surface area contributed by atoms with Crippen molar-refractivity contribution in [3.05, 3.63) is 41.9 Å². The van der Waals surface area contributed by atoms with Crippen molar-refractivity contribution in [1.82, 2.24) is 15.5 Å². The predicted molar refractivity (Wildman–Crippen MR) is 95.0 cm³/mol. The standard InChI is InChI=1S/C19H18F3N3O4/c1-18(3-4-18)17(26)23-9-13-6-11-7-16(29-19(20,21)22)15(8-14(11)24-13)27-10-12-2-5-28-25-12/h2,5-8,24H,3-4,9-10H2,1H3,(H,23,26). The minimum Gasteiger partial charge on any atom is -0.483 e. The summed E-state index contributed by atoms with van der Waals surface area (Å²) in [5.74, 6) is -0.594. The van der Waals surface area contributed by atoms with Crippen LogP contribution in [0.3, 0.4) is 0 Å². The molecule has 0 bridgehead atoms. The number of nitrogens with one attached hydrogen (secondary N) is 2. The number of ether oxygens (including phenoxy) is 2. The van der Waals surface area contributed by atoms with E-state index < -0.39 is 12.1 Å². The van der Waals surface area contributed by atoms with Gasteiger partial charge in [0.05, 0.1) is 6.54 Å². The lowest BCUT2D eigenvalue weighted by Gasteiger charge is -2.14. The van der Waals surface area contributed by atoms with Crippen LogP contribution in [0.25, 0.3) is 10.9 Å². The topological polar surface area (TPSA) is 89.4 Å². The minimum atomic E-state index is -4.87. The number of alkyl halides is 3. The van der Waals surface area contributed by atoms with Gasteiger partial charge in [0.25, 0.3) is 0 Å². The number of nitrogens with zero attached hydrogens (tertiary/aromatic N) is 1. The number of hydrogen-bond acceptors (Lipinski definition) is 5. The van der Waals surface area contributed by atoms with Gasteiger partial charge in [-0.05, 0) is 25.0 Å². The average molecular weight is 409 g/mol. The Bertz CT molecular complexity index is 1020. The summed E-state index contributed by atoms with van der Waals surface area (Å²) >= 11 is 0. The monoisotopic (exact) mass is 409 g/mol. The van der Waals surface area contributed by atoms with E-state index in [0.717, 1.165) is 12.8 Å². The van der Waals surface area contributed by atoms with Gasteiger partial charge < -0.3 is 24.3 Å². The quantitative estimate of drug-likeness (QED) is 0.615. The van der Waals surface area contributed by atoms with Crippen LogP contribution in [-0.4, -0.2) is 22.4 Å². The molecule has 0 aliphatic heterocycles.